The lowest BCUT2D eigenvalue weighted by atomic mass is 10.1. The maximum atomic E-state index is 12.9. The molecule has 0 radical (unpaired) electrons. The molecule has 0 saturated heterocycles. The Morgan fingerprint density at radius 2 is 2.06 bits per heavy atom. The number of halogens is 2. The van der Waals surface area contributed by atoms with Crippen molar-refractivity contribution < 1.29 is 9.13 Å². The summed E-state index contributed by atoms with van der Waals surface area (Å²) in [6.07, 6.45) is 0. The van der Waals surface area contributed by atoms with Gasteiger partial charge in [-0.25, -0.2) is 4.39 Å². The zero-order valence-electron chi connectivity index (χ0n) is 9.36. The quantitative estimate of drug-likeness (QED) is 0.857. The smallest absolute Gasteiger partial charge is 0.134 e. The van der Waals surface area contributed by atoms with Gasteiger partial charge in [-0.2, -0.15) is 5.26 Å². The summed E-state index contributed by atoms with van der Waals surface area (Å²) in [6, 6.07) is 13.5. The van der Waals surface area contributed by atoms with Gasteiger partial charge in [0.2, 0.25) is 0 Å². The number of rotatable bonds is 3. The van der Waals surface area contributed by atoms with E-state index in [0.717, 1.165) is 5.56 Å². The fourth-order valence-corrected chi connectivity index (χ4v) is 1.95. The summed E-state index contributed by atoms with van der Waals surface area (Å²) < 4.78 is 19.0. The Balaban J connectivity index is 2.09. The Morgan fingerprint density at radius 3 is 2.78 bits per heavy atom. The molecule has 2 aromatic rings. The summed E-state index contributed by atoms with van der Waals surface area (Å²) in [5, 5.41) is 8.78. The van der Waals surface area contributed by atoms with Crippen LogP contribution in [0.3, 0.4) is 0 Å². The van der Waals surface area contributed by atoms with E-state index in [2.05, 4.69) is 22.0 Å². The average molecular weight is 306 g/mol. The first-order valence-corrected chi connectivity index (χ1v) is 6.05. The van der Waals surface area contributed by atoms with Crippen LogP contribution >= 0.6 is 15.9 Å². The van der Waals surface area contributed by atoms with Gasteiger partial charge in [-0.3, -0.25) is 0 Å². The Bertz CT molecular complexity index is 607. The number of benzene rings is 2. The molecule has 2 rings (SSSR count). The van der Waals surface area contributed by atoms with Crippen LogP contribution in [0.4, 0.5) is 4.39 Å². The van der Waals surface area contributed by atoms with Gasteiger partial charge >= 0.3 is 0 Å². The molecule has 0 aliphatic heterocycles. The summed E-state index contributed by atoms with van der Waals surface area (Å²) in [7, 11) is 0. The molecule has 0 aromatic heterocycles. The van der Waals surface area contributed by atoms with E-state index in [4.69, 9.17) is 10.00 Å². The molecule has 0 N–H and O–H groups in total. The third kappa shape index (κ3) is 3.08. The van der Waals surface area contributed by atoms with Gasteiger partial charge in [0.05, 0.1) is 16.1 Å². The monoisotopic (exact) mass is 305 g/mol. The lowest BCUT2D eigenvalue weighted by Gasteiger charge is -2.08. The highest BCUT2D eigenvalue weighted by atomic mass is 79.9. The predicted octanol–water partition coefficient (Wildman–Crippen LogP) is 4.04. The van der Waals surface area contributed by atoms with Crippen LogP contribution in [0, 0.1) is 17.1 Å². The SMILES string of the molecule is N#Cc1cccc(COc2ccc(F)cc2Br)c1. The summed E-state index contributed by atoms with van der Waals surface area (Å²) in [5.74, 6) is 0.250. The van der Waals surface area contributed by atoms with E-state index in [1.807, 2.05) is 6.07 Å². The molecule has 0 aliphatic carbocycles. The molecular formula is C14H9BrFNO. The molecule has 2 nitrogen and oxygen atoms in total. The third-order valence-electron chi connectivity index (χ3n) is 2.34. The second-order valence-corrected chi connectivity index (χ2v) is 4.53. The van der Waals surface area contributed by atoms with Crippen molar-refractivity contribution in [3.8, 4) is 11.8 Å². The lowest BCUT2D eigenvalue weighted by molar-refractivity contribution is 0.303. The first-order valence-electron chi connectivity index (χ1n) is 5.26. The van der Waals surface area contributed by atoms with Crippen molar-refractivity contribution in [3.05, 3.63) is 63.9 Å². The van der Waals surface area contributed by atoms with Crippen molar-refractivity contribution in [2.45, 2.75) is 6.61 Å². The third-order valence-corrected chi connectivity index (χ3v) is 2.96. The molecule has 2 aromatic carbocycles. The average Bonchev–Trinajstić information content (AvgIpc) is 2.38. The van der Waals surface area contributed by atoms with Gasteiger partial charge in [0.15, 0.2) is 0 Å². The fraction of sp³-hybridized carbons (Fsp3) is 0.0714. The first-order chi connectivity index (χ1) is 8.69. The number of hydrogen-bond donors (Lipinski definition) is 0. The Hall–Kier alpha value is -1.86. The van der Waals surface area contributed by atoms with Gasteiger partial charge in [-0.1, -0.05) is 12.1 Å². The van der Waals surface area contributed by atoms with E-state index in [-0.39, 0.29) is 5.82 Å². The van der Waals surface area contributed by atoms with Crippen LogP contribution < -0.4 is 4.74 Å². The highest BCUT2D eigenvalue weighted by molar-refractivity contribution is 9.10. The van der Waals surface area contributed by atoms with Gasteiger partial charge < -0.3 is 4.74 Å². The van der Waals surface area contributed by atoms with Crippen molar-refractivity contribution >= 4 is 15.9 Å². The first kappa shape index (κ1) is 12.6. The number of nitrogens with zero attached hydrogens (tertiary/aromatic N) is 1. The summed E-state index contributed by atoms with van der Waals surface area (Å²) in [4.78, 5) is 0. The van der Waals surface area contributed by atoms with Crippen LogP contribution in [-0.4, -0.2) is 0 Å². The fourth-order valence-electron chi connectivity index (χ4n) is 1.48. The second kappa shape index (κ2) is 5.65. The minimum atomic E-state index is -0.319. The zero-order chi connectivity index (χ0) is 13.0. The number of ether oxygens (including phenoxy) is 1. The van der Waals surface area contributed by atoms with Gasteiger partial charge in [0, 0.05) is 0 Å². The summed E-state index contributed by atoms with van der Waals surface area (Å²) >= 11 is 3.23. The van der Waals surface area contributed by atoms with Crippen molar-refractivity contribution in [2.24, 2.45) is 0 Å². The van der Waals surface area contributed by atoms with Crippen molar-refractivity contribution in [2.75, 3.05) is 0 Å². The molecule has 4 heteroatoms. The van der Waals surface area contributed by atoms with E-state index in [1.54, 1.807) is 24.3 Å². The van der Waals surface area contributed by atoms with Crippen LogP contribution in [0.1, 0.15) is 11.1 Å². The minimum Gasteiger partial charge on any atom is -0.488 e. The van der Waals surface area contributed by atoms with Gasteiger partial charge in [0.1, 0.15) is 18.2 Å². The number of hydrogen-bond acceptors (Lipinski definition) is 2. The molecule has 90 valence electrons. The molecular weight excluding hydrogens is 297 g/mol. The van der Waals surface area contributed by atoms with Crippen LogP contribution in [0.25, 0.3) is 0 Å². The topological polar surface area (TPSA) is 33.0 Å². The molecule has 0 heterocycles. The van der Waals surface area contributed by atoms with Crippen LogP contribution in [0.5, 0.6) is 5.75 Å². The summed E-state index contributed by atoms with van der Waals surface area (Å²) in [6.45, 7) is 0.333. The van der Waals surface area contributed by atoms with Crippen molar-refractivity contribution in [1.29, 1.82) is 5.26 Å². The molecule has 0 bridgehead atoms. The second-order valence-electron chi connectivity index (χ2n) is 3.68. The lowest BCUT2D eigenvalue weighted by Crippen LogP contribution is -1.96. The molecule has 0 atom stereocenters. The van der Waals surface area contributed by atoms with E-state index < -0.39 is 0 Å². The Labute approximate surface area is 113 Å². The van der Waals surface area contributed by atoms with Crippen LogP contribution in [-0.2, 0) is 6.61 Å². The van der Waals surface area contributed by atoms with E-state index in [0.29, 0.717) is 22.4 Å². The standard InChI is InChI=1S/C14H9BrFNO/c15-13-7-12(16)4-5-14(13)18-9-11-3-1-2-10(6-11)8-17/h1-7H,9H2. The molecule has 0 fully saturated rings. The minimum absolute atomic E-state index is 0.319. The van der Waals surface area contributed by atoms with Gasteiger partial charge in [-0.05, 0) is 51.8 Å². The maximum Gasteiger partial charge on any atom is 0.134 e. The highest BCUT2D eigenvalue weighted by Crippen LogP contribution is 2.26. The zero-order valence-corrected chi connectivity index (χ0v) is 10.9. The normalized spacial score (nSPS) is 9.83. The van der Waals surface area contributed by atoms with Crippen molar-refractivity contribution in [1.82, 2.24) is 0 Å². The van der Waals surface area contributed by atoms with E-state index in [1.165, 1.54) is 12.1 Å². The molecule has 18 heavy (non-hydrogen) atoms. The van der Waals surface area contributed by atoms with Crippen molar-refractivity contribution in [3.63, 3.8) is 0 Å². The van der Waals surface area contributed by atoms with E-state index in [9.17, 15) is 4.39 Å². The predicted molar refractivity (Wildman–Crippen MR) is 69.6 cm³/mol. The van der Waals surface area contributed by atoms with E-state index >= 15 is 0 Å². The number of nitriles is 1. The molecule has 0 spiro atoms. The highest BCUT2D eigenvalue weighted by Gasteiger charge is 2.03. The summed E-state index contributed by atoms with van der Waals surface area (Å²) in [5.41, 5.74) is 1.49. The maximum absolute atomic E-state index is 12.9. The van der Waals surface area contributed by atoms with Gasteiger partial charge in [-0.15, -0.1) is 0 Å². The molecule has 0 unspecified atom stereocenters. The largest absolute Gasteiger partial charge is 0.488 e. The Kier molecular flexibility index (Phi) is 3.96. The van der Waals surface area contributed by atoms with Crippen LogP contribution in [0.2, 0.25) is 0 Å². The molecule has 0 amide bonds. The molecule has 0 aliphatic rings. The van der Waals surface area contributed by atoms with Crippen LogP contribution in [0.15, 0.2) is 46.9 Å². The van der Waals surface area contributed by atoms with Gasteiger partial charge in [0.25, 0.3) is 0 Å². The molecule has 0 saturated carbocycles. The Morgan fingerprint density at radius 1 is 1.22 bits per heavy atom.